The van der Waals surface area contributed by atoms with Gasteiger partial charge in [-0.1, -0.05) is 18.2 Å². The quantitative estimate of drug-likeness (QED) is 0.244. The van der Waals surface area contributed by atoms with Gasteiger partial charge in [0.25, 0.3) is 11.6 Å². The monoisotopic (exact) mass is 511 g/mol. The lowest BCUT2D eigenvalue weighted by molar-refractivity contribution is -0.384. The molecule has 0 bridgehead atoms. The van der Waals surface area contributed by atoms with E-state index in [1.807, 2.05) is 0 Å². The molecule has 0 saturated heterocycles. The number of carbonyl (C=O) groups is 1. The summed E-state index contributed by atoms with van der Waals surface area (Å²) in [6.07, 6.45) is -4.72. The van der Waals surface area contributed by atoms with E-state index >= 15 is 0 Å². The van der Waals surface area contributed by atoms with Crippen molar-refractivity contribution >= 4 is 17.3 Å². The molecule has 12 heteroatoms. The van der Waals surface area contributed by atoms with Crippen molar-refractivity contribution in [2.45, 2.75) is 26.1 Å². The van der Waals surface area contributed by atoms with Crippen molar-refractivity contribution in [1.29, 1.82) is 0 Å². The third-order valence-electron chi connectivity index (χ3n) is 5.09. The Hall–Kier alpha value is -4.74. The van der Waals surface area contributed by atoms with E-state index in [0.717, 1.165) is 12.1 Å². The van der Waals surface area contributed by atoms with Crippen LogP contribution < -0.4 is 10.1 Å². The zero-order chi connectivity index (χ0) is 26.7. The molecule has 0 unspecified atom stereocenters. The minimum absolute atomic E-state index is 0.0326. The van der Waals surface area contributed by atoms with Gasteiger partial charge in [-0.25, -0.2) is 4.68 Å². The van der Waals surface area contributed by atoms with Crippen LogP contribution in [0.1, 0.15) is 29.8 Å². The maximum Gasteiger partial charge on any atom is 0.416 e. The minimum atomic E-state index is -4.48. The summed E-state index contributed by atoms with van der Waals surface area (Å²) in [5.41, 5.74) is 0.509. The molecule has 1 N–H and O–H groups in total. The number of halogens is 3. The molecule has 0 aliphatic carbocycles. The van der Waals surface area contributed by atoms with E-state index in [-0.39, 0.29) is 29.2 Å². The fraction of sp³-hybridized carbons (Fsp3) is 0.160. The third-order valence-corrected chi connectivity index (χ3v) is 5.09. The first-order chi connectivity index (χ1) is 17.5. The number of aromatic nitrogens is 3. The van der Waals surface area contributed by atoms with E-state index in [0.29, 0.717) is 16.9 Å². The van der Waals surface area contributed by atoms with Crippen molar-refractivity contribution in [2.75, 3.05) is 5.32 Å². The van der Waals surface area contributed by atoms with E-state index in [9.17, 15) is 28.1 Å². The Kier molecular flexibility index (Phi) is 6.92. The van der Waals surface area contributed by atoms with Gasteiger partial charge in [0.1, 0.15) is 0 Å². The fourth-order valence-corrected chi connectivity index (χ4v) is 3.38. The predicted octanol–water partition coefficient (Wildman–Crippen LogP) is 5.90. The summed E-state index contributed by atoms with van der Waals surface area (Å²) < 4.78 is 46.1. The highest BCUT2D eigenvalue weighted by Gasteiger charge is 2.30. The number of non-ortho nitro benzene ring substituents is 1. The molecule has 1 aromatic heterocycles. The van der Waals surface area contributed by atoms with Gasteiger partial charge in [-0.3, -0.25) is 14.9 Å². The second-order valence-electron chi connectivity index (χ2n) is 8.18. The van der Waals surface area contributed by atoms with Crippen LogP contribution in [-0.4, -0.2) is 31.7 Å². The molecule has 0 atom stereocenters. The minimum Gasteiger partial charge on any atom is -0.460 e. The lowest BCUT2D eigenvalue weighted by Crippen LogP contribution is -2.12. The Morgan fingerprint density at radius 3 is 2.32 bits per heavy atom. The molecule has 4 aromatic rings. The van der Waals surface area contributed by atoms with E-state index in [4.69, 9.17) is 4.74 Å². The first-order valence-corrected chi connectivity index (χ1v) is 11.0. The van der Waals surface area contributed by atoms with Crippen LogP contribution in [0, 0.1) is 10.1 Å². The van der Waals surface area contributed by atoms with Gasteiger partial charge in [-0.05, 0) is 56.3 Å². The highest BCUT2D eigenvalue weighted by molar-refractivity contribution is 6.04. The van der Waals surface area contributed by atoms with Gasteiger partial charge in [0.15, 0.2) is 5.82 Å². The smallest absolute Gasteiger partial charge is 0.416 e. The second kappa shape index (κ2) is 10.1. The SMILES string of the molecule is CC(C)Oc1nc(-c2ccc(C(F)(F)F)cc2)n(-c2cccc(NC(=O)c3ccc([N+](=O)[O-])cc3)c2)n1. The highest BCUT2D eigenvalue weighted by atomic mass is 19.4. The number of nitro benzene ring substituents is 1. The number of anilines is 1. The standard InChI is InChI=1S/C25H20F3N5O4/c1-15(2)37-24-30-22(16-6-10-18(11-7-16)25(26,27)28)32(31-24)21-5-3-4-19(14-21)29-23(34)17-8-12-20(13-9-17)33(35)36/h3-15H,1-2H3,(H,29,34). The predicted molar refractivity (Wildman–Crippen MR) is 129 cm³/mol. The van der Waals surface area contributed by atoms with Gasteiger partial charge in [0, 0.05) is 28.9 Å². The van der Waals surface area contributed by atoms with Gasteiger partial charge in [-0.15, -0.1) is 5.10 Å². The molecule has 1 amide bonds. The van der Waals surface area contributed by atoms with Gasteiger partial charge >= 0.3 is 12.2 Å². The molecular formula is C25H20F3N5O4. The molecule has 4 rings (SSSR count). The first-order valence-electron chi connectivity index (χ1n) is 11.0. The largest absolute Gasteiger partial charge is 0.460 e. The van der Waals surface area contributed by atoms with Gasteiger partial charge < -0.3 is 10.1 Å². The zero-order valence-electron chi connectivity index (χ0n) is 19.6. The van der Waals surface area contributed by atoms with E-state index < -0.39 is 22.6 Å². The van der Waals surface area contributed by atoms with Crippen molar-refractivity contribution in [3.8, 4) is 23.1 Å². The number of benzene rings is 3. The number of hydrogen-bond acceptors (Lipinski definition) is 6. The number of hydrogen-bond donors (Lipinski definition) is 1. The number of alkyl halides is 3. The van der Waals surface area contributed by atoms with Gasteiger partial charge in [0.2, 0.25) is 0 Å². The maximum absolute atomic E-state index is 13.0. The topological polar surface area (TPSA) is 112 Å². The van der Waals surface area contributed by atoms with E-state index in [1.54, 1.807) is 38.1 Å². The average molecular weight is 511 g/mol. The fourth-order valence-electron chi connectivity index (χ4n) is 3.38. The lowest BCUT2D eigenvalue weighted by Gasteiger charge is -2.10. The van der Waals surface area contributed by atoms with Crippen molar-refractivity contribution < 1.29 is 27.6 Å². The number of nitrogens with one attached hydrogen (secondary N) is 1. The van der Waals surface area contributed by atoms with Crippen LogP contribution in [0.2, 0.25) is 0 Å². The summed E-state index contributed by atoms with van der Waals surface area (Å²) in [5.74, 6) is -0.249. The van der Waals surface area contributed by atoms with Crippen LogP contribution >= 0.6 is 0 Å². The molecule has 0 spiro atoms. The number of nitro groups is 1. The van der Waals surface area contributed by atoms with Crippen molar-refractivity contribution in [3.63, 3.8) is 0 Å². The molecule has 0 saturated carbocycles. The van der Waals surface area contributed by atoms with Crippen molar-refractivity contribution in [2.24, 2.45) is 0 Å². The Morgan fingerprint density at radius 2 is 1.73 bits per heavy atom. The van der Waals surface area contributed by atoms with Crippen molar-refractivity contribution in [3.05, 3.63) is 94.0 Å². The van der Waals surface area contributed by atoms with Crippen LogP contribution in [0.25, 0.3) is 17.1 Å². The number of nitrogens with zero attached hydrogens (tertiary/aromatic N) is 4. The van der Waals surface area contributed by atoms with Gasteiger partial charge in [0.05, 0.1) is 22.3 Å². The molecule has 37 heavy (non-hydrogen) atoms. The highest BCUT2D eigenvalue weighted by Crippen LogP contribution is 2.32. The van der Waals surface area contributed by atoms with Crippen molar-refractivity contribution in [1.82, 2.24) is 14.8 Å². The average Bonchev–Trinajstić information content (AvgIpc) is 3.27. The van der Waals surface area contributed by atoms with E-state index in [2.05, 4.69) is 15.4 Å². The van der Waals surface area contributed by atoms with Crippen LogP contribution in [0.15, 0.2) is 72.8 Å². The molecule has 0 radical (unpaired) electrons. The molecule has 0 aliphatic heterocycles. The molecule has 3 aromatic carbocycles. The molecule has 190 valence electrons. The van der Waals surface area contributed by atoms with Gasteiger partial charge in [-0.2, -0.15) is 18.2 Å². The summed E-state index contributed by atoms with van der Waals surface area (Å²) in [6.45, 7) is 3.57. The summed E-state index contributed by atoms with van der Waals surface area (Å²) in [6, 6.07) is 16.2. The normalized spacial score (nSPS) is 11.4. The lowest BCUT2D eigenvalue weighted by atomic mass is 10.1. The summed E-state index contributed by atoms with van der Waals surface area (Å²) in [4.78, 5) is 27.3. The molecule has 0 aliphatic rings. The number of rotatable bonds is 7. The summed E-state index contributed by atoms with van der Waals surface area (Å²) in [5, 5.41) is 17.9. The number of amides is 1. The van der Waals surface area contributed by atoms with Crippen LogP contribution in [0.4, 0.5) is 24.5 Å². The van der Waals surface area contributed by atoms with Crippen LogP contribution in [0.5, 0.6) is 6.01 Å². The number of ether oxygens (including phenoxy) is 1. The third kappa shape index (κ3) is 5.92. The molecule has 9 nitrogen and oxygen atoms in total. The maximum atomic E-state index is 13.0. The van der Waals surface area contributed by atoms with E-state index in [1.165, 1.54) is 41.1 Å². The first kappa shape index (κ1) is 25.4. The zero-order valence-corrected chi connectivity index (χ0v) is 19.6. The Morgan fingerprint density at radius 1 is 1.05 bits per heavy atom. The second-order valence-corrected chi connectivity index (χ2v) is 8.18. The van der Waals surface area contributed by atoms with Crippen LogP contribution in [0.3, 0.4) is 0 Å². The van der Waals surface area contributed by atoms with Crippen LogP contribution in [-0.2, 0) is 6.18 Å². The molecular weight excluding hydrogens is 491 g/mol. The Balaban J connectivity index is 1.66. The summed E-state index contributed by atoms with van der Waals surface area (Å²) in [7, 11) is 0. The Bertz CT molecular complexity index is 1430. The summed E-state index contributed by atoms with van der Waals surface area (Å²) >= 11 is 0. The number of carbonyl (C=O) groups excluding carboxylic acids is 1. The molecule has 1 heterocycles. The Labute approximate surface area is 208 Å². The molecule has 0 fully saturated rings.